The number of hydrogen-bond acceptors (Lipinski definition) is 1. The summed E-state index contributed by atoms with van der Waals surface area (Å²) in [6.07, 6.45) is 0. The zero-order valence-electron chi connectivity index (χ0n) is 5.12. The van der Waals surface area contributed by atoms with Gasteiger partial charge in [0.2, 0.25) is 0 Å². The van der Waals surface area contributed by atoms with Gasteiger partial charge in [0.05, 0.1) is 14.1 Å². The lowest BCUT2D eigenvalue weighted by atomic mass is 10.4. The van der Waals surface area contributed by atoms with Gasteiger partial charge in [-0.05, 0) is 0 Å². The maximum Gasteiger partial charge on any atom is 0.183 e. The second kappa shape index (κ2) is 2.75. The number of hydrogen-bond donors (Lipinski definition) is 1. The summed E-state index contributed by atoms with van der Waals surface area (Å²) in [7, 11) is 3.92. The molecule has 2 nitrogen and oxygen atoms in total. The molecule has 0 heterocycles. The van der Waals surface area contributed by atoms with Crippen LogP contribution in [0, 0.1) is 0 Å². The second-order valence-electron chi connectivity index (χ2n) is 2.09. The number of Topliss-reactive ketones (excluding diaryl/α,β-unsaturated/α-hetero) is 1. The maximum absolute atomic E-state index is 10.2. The van der Waals surface area contributed by atoms with Gasteiger partial charge in [-0.15, -0.1) is 0 Å². The van der Waals surface area contributed by atoms with Gasteiger partial charge in [-0.25, -0.2) is 0 Å². The van der Waals surface area contributed by atoms with Crippen LogP contribution in [0.4, 0.5) is 0 Å². The Bertz CT molecular complexity index is 68.5. The van der Waals surface area contributed by atoms with E-state index in [1.807, 2.05) is 14.1 Å². The monoisotopic (exact) mass is 102 g/mol. The SMILES string of the molecule is CC(=O)C[NH+](C)C. The van der Waals surface area contributed by atoms with Crippen molar-refractivity contribution >= 4 is 5.78 Å². The van der Waals surface area contributed by atoms with Crippen molar-refractivity contribution in [1.29, 1.82) is 0 Å². The van der Waals surface area contributed by atoms with Crippen molar-refractivity contribution in [3.63, 3.8) is 0 Å². The van der Waals surface area contributed by atoms with Crippen LogP contribution in [0.25, 0.3) is 0 Å². The molecule has 0 spiro atoms. The fourth-order valence-corrected chi connectivity index (χ4v) is 0.498. The Morgan fingerprint density at radius 2 is 2.00 bits per heavy atom. The number of nitrogens with one attached hydrogen (secondary N) is 1. The first-order chi connectivity index (χ1) is 3.13. The molecule has 0 fully saturated rings. The van der Waals surface area contributed by atoms with Gasteiger partial charge in [0, 0.05) is 6.92 Å². The van der Waals surface area contributed by atoms with Crippen LogP contribution in [0.15, 0.2) is 0 Å². The minimum Gasteiger partial charge on any atom is -0.334 e. The van der Waals surface area contributed by atoms with E-state index in [2.05, 4.69) is 0 Å². The highest BCUT2D eigenvalue weighted by Crippen LogP contribution is 1.52. The van der Waals surface area contributed by atoms with Crippen LogP contribution in [0.2, 0.25) is 0 Å². The minimum absolute atomic E-state index is 0.250. The van der Waals surface area contributed by atoms with Gasteiger partial charge < -0.3 is 4.90 Å². The van der Waals surface area contributed by atoms with Crippen LogP contribution in [0.1, 0.15) is 6.92 Å². The summed E-state index contributed by atoms with van der Waals surface area (Å²) < 4.78 is 0. The molecule has 0 aliphatic heterocycles. The largest absolute Gasteiger partial charge is 0.334 e. The average Bonchev–Trinajstić information content (AvgIpc) is 1.27. The lowest BCUT2D eigenvalue weighted by Crippen LogP contribution is -3.06. The summed E-state index contributed by atoms with van der Waals surface area (Å²) in [5.41, 5.74) is 0. The van der Waals surface area contributed by atoms with Crippen LogP contribution < -0.4 is 4.90 Å². The van der Waals surface area contributed by atoms with Crippen LogP contribution in [-0.2, 0) is 4.79 Å². The predicted molar refractivity (Wildman–Crippen MR) is 28.4 cm³/mol. The topological polar surface area (TPSA) is 21.5 Å². The lowest BCUT2D eigenvalue weighted by Gasteiger charge is -2.00. The normalized spacial score (nSPS) is 9.71. The molecule has 42 valence electrons. The Hall–Kier alpha value is -0.370. The van der Waals surface area contributed by atoms with E-state index in [0.29, 0.717) is 6.54 Å². The third kappa shape index (κ3) is 5.63. The van der Waals surface area contributed by atoms with Crippen molar-refractivity contribution in [3.8, 4) is 0 Å². The highest BCUT2D eigenvalue weighted by atomic mass is 16.1. The third-order valence-electron chi connectivity index (χ3n) is 0.602. The van der Waals surface area contributed by atoms with Gasteiger partial charge in [0.1, 0.15) is 6.54 Å². The summed E-state index contributed by atoms with van der Waals surface area (Å²) in [4.78, 5) is 11.4. The maximum atomic E-state index is 10.2. The molecule has 0 atom stereocenters. The van der Waals surface area contributed by atoms with Gasteiger partial charge in [-0.1, -0.05) is 0 Å². The van der Waals surface area contributed by atoms with Crippen molar-refractivity contribution in [2.24, 2.45) is 0 Å². The number of carbonyl (C=O) groups excluding carboxylic acids is 1. The van der Waals surface area contributed by atoms with Gasteiger partial charge >= 0.3 is 0 Å². The molecule has 0 aromatic rings. The van der Waals surface area contributed by atoms with E-state index in [0.717, 1.165) is 0 Å². The Labute approximate surface area is 44.1 Å². The van der Waals surface area contributed by atoms with E-state index in [1.165, 1.54) is 4.90 Å². The number of likely N-dealkylation sites (N-methyl/N-ethyl adjacent to an activating group) is 1. The van der Waals surface area contributed by atoms with E-state index >= 15 is 0 Å². The molecule has 2 heteroatoms. The van der Waals surface area contributed by atoms with E-state index in [4.69, 9.17) is 0 Å². The molecule has 0 bridgehead atoms. The van der Waals surface area contributed by atoms with Gasteiger partial charge in [-0.3, -0.25) is 4.79 Å². The fourth-order valence-electron chi connectivity index (χ4n) is 0.498. The zero-order valence-corrected chi connectivity index (χ0v) is 5.12. The molecule has 0 aliphatic rings. The molecular weight excluding hydrogens is 90.1 g/mol. The predicted octanol–water partition coefficient (Wildman–Crippen LogP) is -1.28. The summed E-state index contributed by atoms with van der Waals surface area (Å²) in [5.74, 6) is 0.250. The molecule has 0 aromatic carbocycles. The highest BCUT2D eigenvalue weighted by molar-refractivity contribution is 5.76. The van der Waals surface area contributed by atoms with Crippen molar-refractivity contribution in [1.82, 2.24) is 0 Å². The van der Waals surface area contributed by atoms with E-state index in [1.54, 1.807) is 6.92 Å². The number of quaternary nitrogens is 1. The van der Waals surface area contributed by atoms with E-state index in [9.17, 15) is 4.79 Å². The van der Waals surface area contributed by atoms with Crippen molar-refractivity contribution in [2.75, 3.05) is 20.6 Å². The Balaban J connectivity index is 3.13. The molecule has 0 rings (SSSR count). The second-order valence-corrected chi connectivity index (χ2v) is 2.09. The molecule has 0 unspecified atom stereocenters. The smallest absolute Gasteiger partial charge is 0.183 e. The van der Waals surface area contributed by atoms with Crippen LogP contribution >= 0.6 is 0 Å². The first-order valence-electron chi connectivity index (χ1n) is 2.41. The Morgan fingerprint density at radius 1 is 1.57 bits per heavy atom. The molecule has 0 aromatic heterocycles. The number of carbonyl (C=O) groups is 1. The van der Waals surface area contributed by atoms with Gasteiger partial charge in [0.15, 0.2) is 5.78 Å². The number of rotatable bonds is 2. The molecule has 0 saturated heterocycles. The van der Waals surface area contributed by atoms with Crippen molar-refractivity contribution in [2.45, 2.75) is 6.92 Å². The van der Waals surface area contributed by atoms with Crippen molar-refractivity contribution < 1.29 is 9.69 Å². The fraction of sp³-hybridized carbons (Fsp3) is 0.800. The highest BCUT2D eigenvalue weighted by Gasteiger charge is 1.95. The summed E-state index contributed by atoms with van der Waals surface area (Å²) in [6.45, 7) is 2.24. The molecule has 0 aliphatic carbocycles. The van der Waals surface area contributed by atoms with Crippen molar-refractivity contribution in [3.05, 3.63) is 0 Å². The summed E-state index contributed by atoms with van der Waals surface area (Å²) >= 11 is 0. The first-order valence-corrected chi connectivity index (χ1v) is 2.41. The van der Waals surface area contributed by atoms with E-state index in [-0.39, 0.29) is 5.78 Å². The van der Waals surface area contributed by atoms with Gasteiger partial charge in [0.25, 0.3) is 0 Å². The zero-order chi connectivity index (χ0) is 5.86. The molecule has 0 amide bonds. The first kappa shape index (κ1) is 6.63. The average molecular weight is 102 g/mol. The van der Waals surface area contributed by atoms with E-state index < -0.39 is 0 Å². The number of ketones is 1. The summed E-state index contributed by atoms with van der Waals surface area (Å²) in [5, 5.41) is 0. The Kier molecular flexibility index (Phi) is 2.60. The third-order valence-corrected chi connectivity index (χ3v) is 0.602. The molecule has 0 saturated carbocycles. The summed E-state index contributed by atoms with van der Waals surface area (Å²) in [6, 6.07) is 0. The van der Waals surface area contributed by atoms with Crippen LogP contribution in [0.5, 0.6) is 0 Å². The molecule has 0 radical (unpaired) electrons. The molecule has 7 heavy (non-hydrogen) atoms. The Morgan fingerprint density at radius 3 is 2.00 bits per heavy atom. The van der Waals surface area contributed by atoms with Crippen LogP contribution in [-0.4, -0.2) is 26.4 Å². The van der Waals surface area contributed by atoms with Gasteiger partial charge in [-0.2, -0.15) is 0 Å². The van der Waals surface area contributed by atoms with Crippen LogP contribution in [0.3, 0.4) is 0 Å². The molecule has 1 N–H and O–H groups in total. The minimum atomic E-state index is 0.250. The molecular formula is C5H12NO+. The lowest BCUT2D eigenvalue weighted by molar-refractivity contribution is -0.849. The quantitative estimate of drug-likeness (QED) is 0.461. The standard InChI is InChI=1S/C5H11NO/c1-5(7)4-6(2)3/h4H2,1-3H3/p+1.